The van der Waals surface area contributed by atoms with Gasteiger partial charge in [-0.05, 0) is 30.3 Å². The first-order valence-electron chi connectivity index (χ1n) is 6.54. The van der Waals surface area contributed by atoms with E-state index >= 15 is 0 Å². The van der Waals surface area contributed by atoms with Crippen LogP contribution in [0.5, 0.6) is 0 Å². The van der Waals surface area contributed by atoms with Gasteiger partial charge in [0.15, 0.2) is 5.67 Å². The molecule has 1 saturated heterocycles. The monoisotopic (exact) mass is 311 g/mol. The van der Waals surface area contributed by atoms with Crippen molar-refractivity contribution >= 4 is 5.91 Å². The number of halogens is 4. The molecule has 6 heteroatoms. The number of benzene rings is 1. The molecule has 0 radical (unpaired) electrons. The second-order valence-electron chi connectivity index (χ2n) is 5.00. The zero-order chi connectivity index (χ0) is 16.4. The van der Waals surface area contributed by atoms with Crippen LogP contribution in [0.4, 0.5) is 17.6 Å². The van der Waals surface area contributed by atoms with Crippen molar-refractivity contribution < 1.29 is 22.4 Å². The summed E-state index contributed by atoms with van der Waals surface area (Å²) in [4.78, 5) is 12.7. The van der Waals surface area contributed by atoms with Gasteiger partial charge in [0, 0.05) is 18.5 Å². The van der Waals surface area contributed by atoms with Crippen LogP contribution in [-0.4, -0.2) is 29.6 Å². The topological polar surface area (TPSA) is 20.3 Å². The lowest BCUT2D eigenvalue weighted by Gasteiger charge is -2.14. The van der Waals surface area contributed by atoms with Crippen LogP contribution in [0, 0.1) is 11.8 Å². The van der Waals surface area contributed by atoms with Crippen molar-refractivity contribution in [3.8, 4) is 11.8 Å². The van der Waals surface area contributed by atoms with Crippen LogP contribution in [0.15, 0.2) is 36.9 Å². The van der Waals surface area contributed by atoms with Crippen molar-refractivity contribution in [1.29, 1.82) is 0 Å². The maximum absolute atomic E-state index is 14.4. The number of hydrogen-bond acceptors (Lipinski definition) is 1. The Morgan fingerprint density at radius 2 is 1.95 bits per heavy atom. The van der Waals surface area contributed by atoms with Gasteiger partial charge >= 0.3 is 6.18 Å². The molecule has 0 aromatic heterocycles. The van der Waals surface area contributed by atoms with Gasteiger partial charge in [-0.1, -0.05) is 18.4 Å². The first kappa shape index (κ1) is 16.1. The maximum Gasteiger partial charge on any atom is 0.416 e. The average Bonchev–Trinajstić information content (AvgIpc) is 2.87. The van der Waals surface area contributed by atoms with Crippen LogP contribution in [0.25, 0.3) is 0 Å². The summed E-state index contributed by atoms with van der Waals surface area (Å²) in [7, 11) is 0. The number of alkyl halides is 4. The lowest BCUT2D eigenvalue weighted by atomic mass is 10.1. The van der Waals surface area contributed by atoms with E-state index in [4.69, 9.17) is 0 Å². The summed E-state index contributed by atoms with van der Waals surface area (Å²) < 4.78 is 51.7. The van der Waals surface area contributed by atoms with Gasteiger partial charge in [-0.15, -0.1) is 0 Å². The van der Waals surface area contributed by atoms with E-state index in [1.54, 1.807) is 0 Å². The predicted octanol–water partition coefficient (Wildman–Crippen LogP) is 3.18. The maximum atomic E-state index is 14.4. The highest BCUT2D eigenvalue weighted by Crippen LogP contribution is 2.29. The molecule has 1 aliphatic heterocycles. The van der Waals surface area contributed by atoms with Crippen molar-refractivity contribution in [2.75, 3.05) is 13.1 Å². The third-order valence-corrected chi connectivity index (χ3v) is 3.35. The smallest absolute Gasteiger partial charge is 0.335 e. The molecule has 0 unspecified atom stereocenters. The molecule has 1 aliphatic rings. The van der Waals surface area contributed by atoms with Crippen molar-refractivity contribution in [1.82, 2.24) is 4.90 Å². The van der Waals surface area contributed by atoms with Gasteiger partial charge < -0.3 is 4.90 Å². The Morgan fingerprint density at radius 3 is 2.50 bits per heavy atom. The molecule has 1 amide bonds. The average molecular weight is 311 g/mol. The minimum absolute atomic E-state index is 0.0697. The zero-order valence-corrected chi connectivity index (χ0v) is 11.6. The van der Waals surface area contributed by atoms with Crippen LogP contribution >= 0.6 is 0 Å². The molecule has 1 atom stereocenters. The number of carbonyl (C=O) groups excluding carboxylic acids is 1. The van der Waals surface area contributed by atoms with E-state index in [0.29, 0.717) is 5.56 Å². The van der Waals surface area contributed by atoms with Crippen LogP contribution in [0.3, 0.4) is 0 Å². The highest BCUT2D eigenvalue weighted by molar-refractivity contribution is 5.87. The Bertz CT molecular complexity index is 639. The van der Waals surface area contributed by atoms with Gasteiger partial charge in [0.2, 0.25) is 5.91 Å². The summed E-state index contributed by atoms with van der Waals surface area (Å²) in [6.07, 6.45) is -3.24. The van der Waals surface area contributed by atoms with Crippen LogP contribution < -0.4 is 0 Å². The lowest BCUT2D eigenvalue weighted by molar-refractivity contribution is -0.137. The Balaban J connectivity index is 2.10. The van der Waals surface area contributed by atoms with Crippen LogP contribution in [-0.2, 0) is 11.0 Å². The van der Waals surface area contributed by atoms with E-state index in [2.05, 4.69) is 18.4 Å². The fourth-order valence-electron chi connectivity index (χ4n) is 2.12. The first-order valence-corrected chi connectivity index (χ1v) is 6.54. The van der Waals surface area contributed by atoms with Crippen LogP contribution in [0.2, 0.25) is 0 Å². The Hall–Kier alpha value is -2.29. The highest BCUT2D eigenvalue weighted by atomic mass is 19.4. The first-order chi connectivity index (χ1) is 10.2. The SMILES string of the molecule is C=CC(=O)N1CC[C@@](F)(C#Cc2ccc(C(F)(F)F)cc2)C1. The summed E-state index contributed by atoms with van der Waals surface area (Å²) in [6.45, 7) is 3.41. The molecule has 0 aliphatic carbocycles. The van der Waals surface area contributed by atoms with E-state index in [1.807, 2.05) is 0 Å². The van der Waals surface area contributed by atoms with Crippen molar-refractivity contribution in [3.05, 3.63) is 48.0 Å². The molecule has 2 nitrogen and oxygen atoms in total. The van der Waals surface area contributed by atoms with E-state index in [9.17, 15) is 22.4 Å². The van der Waals surface area contributed by atoms with Crippen molar-refractivity contribution in [2.24, 2.45) is 0 Å². The molecule has 0 saturated carbocycles. The minimum Gasteiger partial charge on any atom is -0.335 e. The Labute approximate surface area is 125 Å². The molecule has 1 heterocycles. The molecular formula is C16H13F4NO. The molecule has 2 rings (SSSR count). The fourth-order valence-corrected chi connectivity index (χ4v) is 2.12. The summed E-state index contributed by atoms with van der Waals surface area (Å²) >= 11 is 0. The number of amides is 1. The Morgan fingerprint density at radius 1 is 1.32 bits per heavy atom. The predicted molar refractivity (Wildman–Crippen MR) is 73.6 cm³/mol. The normalized spacial score (nSPS) is 21.2. The van der Waals surface area contributed by atoms with Crippen molar-refractivity contribution in [2.45, 2.75) is 18.3 Å². The number of rotatable bonds is 1. The largest absolute Gasteiger partial charge is 0.416 e. The second kappa shape index (κ2) is 5.84. The highest BCUT2D eigenvalue weighted by Gasteiger charge is 2.38. The summed E-state index contributed by atoms with van der Waals surface area (Å²) in [5, 5.41) is 0. The third kappa shape index (κ3) is 3.67. The van der Waals surface area contributed by atoms with Crippen LogP contribution in [0.1, 0.15) is 17.5 Å². The zero-order valence-electron chi connectivity index (χ0n) is 11.6. The molecule has 1 aromatic carbocycles. The minimum atomic E-state index is -4.41. The van der Waals surface area contributed by atoms with Gasteiger partial charge in [0.25, 0.3) is 0 Å². The van der Waals surface area contributed by atoms with E-state index in [1.165, 1.54) is 17.0 Å². The molecule has 1 aromatic rings. The number of carbonyl (C=O) groups is 1. The summed E-state index contributed by atoms with van der Waals surface area (Å²) in [5.74, 6) is 4.58. The van der Waals surface area contributed by atoms with Gasteiger partial charge in [-0.2, -0.15) is 13.2 Å². The quantitative estimate of drug-likeness (QED) is 0.443. The lowest BCUT2D eigenvalue weighted by Crippen LogP contribution is -2.31. The number of likely N-dealkylation sites (tertiary alicyclic amines) is 1. The van der Waals surface area contributed by atoms with Crippen molar-refractivity contribution in [3.63, 3.8) is 0 Å². The molecule has 1 fully saturated rings. The van der Waals surface area contributed by atoms with E-state index < -0.39 is 17.4 Å². The molecular weight excluding hydrogens is 298 g/mol. The van der Waals surface area contributed by atoms with E-state index in [-0.39, 0.29) is 25.4 Å². The van der Waals surface area contributed by atoms with Gasteiger partial charge in [-0.25, -0.2) is 4.39 Å². The molecule has 0 spiro atoms. The number of nitrogens with zero attached hydrogens (tertiary/aromatic N) is 1. The summed E-state index contributed by atoms with van der Waals surface area (Å²) in [6, 6.07) is 4.19. The second-order valence-corrected chi connectivity index (χ2v) is 5.00. The Kier molecular flexibility index (Phi) is 4.27. The fraction of sp³-hybridized carbons (Fsp3) is 0.312. The van der Waals surface area contributed by atoms with E-state index in [0.717, 1.165) is 18.2 Å². The van der Waals surface area contributed by atoms with Gasteiger partial charge in [0.05, 0.1) is 12.1 Å². The van der Waals surface area contributed by atoms with Gasteiger partial charge in [-0.3, -0.25) is 4.79 Å². The molecule has 116 valence electrons. The van der Waals surface area contributed by atoms with Gasteiger partial charge in [0.1, 0.15) is 0 Å². The molecule has 0 N–H and O–H groups in total. The summed E-state index contributed by atoms with van der Waals surface area (Å²) in [5.41, 5.74) is -2.34. The number of hydrogen-bond donors (Lipinski definition) is 0. The molecule has 22 heavy (non-hydrogen) atoms. The molecule has 0 bridgehead atoms. The third-order valence-electron chi connectivity index (χ3n) is 3.35. The standard InChI is InChI=1S/C16H13F4NO/c1-2-14(22)21-10-9-15(17,11-21)8-7-12-3-5-13(6-4-12)16(18,19)20/h2-6H,1,9-11H2/t15-/m0/s1.